The second kappa shape index (κ2) is 4.06. The minimum atomic E-state index is -0.806. The van der Waals surface area contributed by atoms with E-state index >= 15 is 0 Å². The number of benzene rings is 1. The van der Waals surface area contributed by atoms with Crippen molar-refractivity contribution in [2.24, 2.45) is 0 Å². The summed E-state index contributed by atoms with van der Waals surface area (Å²) in [5.41, 5.74) is 1.82. The van der Waals surface area contributed by atoms with Crippen LogP contribution in [0, 0.1) is 0 Å². The van der Waals surface area contributed by atoms with Gasteiger partial charge in [-0.25, -0.2) is 0 Å². The van der Waals surface area contributed by atoms with Gasteiger partial charge in [-0.3, -0.25) is 4.79 Å². The van der Waals surface area contributed by atoms with Crippen LogP contribution in [-0.4, -0.2) is 16.7 Å². The Bertz CT molecular complexity index is 449. The summed E-state index contributed by atoms with van der Waals surface area (Å²) in [7, 11) is 0. The molecule has 0 amide bonds. The number of aliphatic carboxylic acids is 1. The van der Waals surface area contributed by atoms with E-state index in [4.69, 9.17) is 9.84 Å². The number of hydrogen-bond acceptors (Lipinski definition) is 2. The van der Waals surface area contributed by atoms with Crippen molar-refractivity contribution in [3.63, 3.8) is 0 Å². The topological polar surface area (TPSA) is 46.5 Å². The van der Waals surface area contributed by atoms with E-state index in [-0.39, 0.29) is 5.60 Å². The average Bonchev–Trinajstić information content (AvgIpc) is 2.25. The Kier molecular flexibility index (Phi) is 2.86. The number of fused-ring (bicyclic) bond motifs is 1. The van der Waals surface area contributed by atoms with Crippen molar-refractivity contribution in [3.05, 3.63) is 29.3 Å². The molecule has 17 heavy (non-hydrogen) atoms. The molecule has 1 aliphatic heterocycles. The molecule has 0 fully saturated rings. The lowest BCUT2D eigenvalue weighted by Gasteiger charge is -2.33. The zero-order chi connectivity index (χ0) is 12.6. The minimum absolute atomic E-state index is 0.155. The molecule has 0 radical (unpaired) electrons. The number of rotatable bonds is 2. The molecule has 0 saturated heterocycles. The van der Waals surface area contributed by atoms with Crippen LogP contribution in [0.1, 0.15) is 44.2 Å². The van der Waals surface area contributed by atoms with E-state index in [1.54, 1.807) is 6.92 Å². The van der Waals surface area contributed by atoms with Gasteiger partial charge in [0.25, 0.3) is 0 Å². The smallest absolute Gasteiger partial charge is 0.310 e. The fraction of sp³-hybridized carbons (Fsp3) is 0.500. The van der Waals surface area contributed by atoms with Gasteiger partial charge in [0.15, 0.2) is 0 Å². The number of hydrogen-bond donors (Lipinski definition) is 1. The number of aryl methyl sites for hydroxylation is 1. The van der Waals surface area contributed by atoms with E-state index in [0.717, 1.165) is 24.2 Å². The molecule has 0 spiro atoms. The monoisotopic (exact) mass is 234 g/mol. The van der Waals surface area contributed by atoms with Crippen LogP contribution in [0.15, 0.2) is 18.2 Å². The van der Waals surface area contributed by atoms with Crippen LogP contribution >= 0.6 is 0 Å². The summed E-state index contributed by atoms with van der Waals surface area (Å²) in [6.45, 7) is 5.81. The molecule has 0 aromatic heterocycles. The molecule has 0 bridgehead atoms. The lowest BCUT2D eigenvalue weighted by molar-refractivity contribution is -0.138. The maximum Gasteiger partial charge on any atom is 0.310 e. The first-order valence-corrected chi connectivity index (χ1v) is 5.94. The third kappa shape index (κ3) is 2.43. The van der Waals surface area contributed by atoms with E-state index in [2.05, 4.69) is 13.8 Å². The fourth-order valence-corrected chi connectivity index (χ4v) is 2.07. The molecular weight excluding hydrogens is 216 g/mol. The highest BCUT2D eigenvalue weighted by Gasteiger charge is 2.27. The molecule has 1 aromatic carbocycles. The first-order valence-electron chi connectivity index (χ1n) is 5.94. The molecule has 92 valence electrons. The first kappa shape index (κ1) is 12.0. The predicted molar refractivity (Wildman–Crippen MR) is 65.5 cm³/mol. The summed E-state index contributed by atoms with van der Waals surface area (Å²) in [5, 5.41) is 9.00. The first-order chi connectivity index (χ1) is 7.89. The van der Waals surface area contributed by atoms with E-state index in [1.807, 2.05) is 18.2 Å². The molecule has 2 rings (SSSR count). The molecule has 1 heterocycles. The van der Waals surface area contributed by atoms with Crippen LogP contribution < -0.4 is 4.74 Å². The Morgan fingerprint density at radius 2 is 2.18 bits per heavy atom. The molecule has 1 N–H and O–H groups in total. The summed E-state index contributed by atoms with van der Waals surface area (Å²) >= 11 is 0. The standard InChI is InChI=1S/C14H18O3/c1-9(13(15)16)11-5-4-10-6-7-14(2,3)17-12(10)8-11/h4-5,8-9H,6-7H2,1-3H3,(H,15,16). The highest BCUT2D eigenvalue weighted by atomic mass is 16.5. The van der Waals surface area contributed by atoms with E-state index in [9.17, 15) is 4.79 Å². The van der Waals surface area contributed by atoms with Gasteiger partial charge in [-0.2, -0.15) is 0 Å². The number of ether oxygens (including phenoxy) is 1. The predicted octanol–water partition coefficient (Wildman–Crippen LogP) is 2.98. The quantitative estimate of drug-likeness (QED) is 0.855. The second-order valence-corrected chi connectivity index (χ2v) is 5.29. The van der Waals surface area contributed by atoms with Gasteiger partial charge in [0.2, 0.25) is 0 Å². The Labute approximate surface area is 101 Å². The van der Waals surface area contributed by atoms with Gasteiger partial charge >= 0.3 is 5.97 Å². The molecule has 1 atom stereocenters. The second-order valence-electron chi connectivity index (χ2n) is 5.29. The summed E-state index contributed by atoms with van der Waals surface area (Å²) in [5.74, 6) is -0.458. The van der Waals surface area contributed by atoms with Gasteiger partial charge < -0.3 is 9.84 Å². The SMILES string of the molecule is CC(C(=O)O)c1ccc2c(c1)OC(C)(C)CC2. The Hall–Kier alpha value is -1.51. The third-order valence-electron chi connectivity index (χ3n) is 3.34. The number of carboxylic acid groups (broad SMARTS) is 1. The summed E-state index contributed by atoms with van der Waals surface area (Å²) in [6, 6.07) is 5.74. The van der Waals surface area contributed by atoms with Crippen molar-refractivity contribution in [2.75, 3.05) is 0 Å². The van der Waals surface area contributed by atoms with Crippen LogP contribution in [0.3, 0.4) is 0 Å². The third-order valence-corrected chi connectivity index (χ3v) is 3.34. The number of carbonyl (C=O) groups is 1. The largest absolute Gasteiger partial charge is 0.488 e. The van der Waals surface area contributed by atoms with E-state index < -0.39 is 11.9 Å². The van der Waals surface area contributed by atoms with Crippen molar-refractivity contribution in [1.29, 1.82) is 0 Å². The van der Waals surface area contributed by atoms with Gasteiger partial charge in [0.1, 0.15) is 11.4 Å². The minimum Gasteiger partial charge on any atom is -0.488 e. The highest BCUT2D eigenvalue weighted by Crippen LogP contribution is 2.35. The van der Waals surface area contributed by atoms with Gasteiger partial charge in [-0.1, -0.05) is 12.1 Å². The van der Waals surface area contributed by atoms with Gasteiger partial charge in [-0.15, -0.1) is 0 Å². The molecule has 1 aliphatic rings. The van der Waals surface area contributed by atoms with Crippen LogP contribution in [0.2, 0.25) is 0 Å². The molecule has 3 nitrogen and oxygen atoms in total. The van der Waals surface area contributed by atoms with E-state index in [1.165, 1.54) is 5.56 Å². The van der Waals surface area contributed by atoms with Gasteiger partial charge in [0, 0.05) is 0 Å². The van der Waals surface area contributed by atoms with Crippen LogP contribution in [0.4, 0.5) is 0 Å². The van der Waals surface area contributed by atoms with Gasteiger partial charge in [0.05, 0.1) is 5.92 Å². The molecule has 3 heteroatoms. The summed E-state index contributed by atoms with van der Waals surface area (Å²) in [4.78, 5) is 11.0. The lowest BCUT2D eigenvalue weighted by Crippen LogP contribution is -2.32. The van der Waals surface area contributed by atoms with Crippen molar-refractivity contribution in [3.8, 4) is 5.75 Å². The summed E-state index contributed by atoms with van der Waals surface area (Å²) < 4.78 is 5.90. The van der Waals surface area contributed by atoms with Gasteiger partial charge in [-0.05, 0) is 50.8 Å². The van der Waals surface area contributed by atoms with Crippen LogP contribution in [-0.2, 0) is 11.2 Å². The maximum atomic E-state index is 11.0. The van der Waals surface area contributed by atoms with E-state index in [0.29, 0.717) is 0 Å². The fourth-order valence-electron chi connectivity index (χ4n) is 2.07. The normalized spacial score (nSPS) is 19.0. The maximum absolute atomic E-state index is 11.0. The molecule has 0 aliphatic carbocycles. The molecule has 1 aromatic rings. The Morgan fingerprint density at radius 3 is 2.82 bits per heavy atom. The molecule has 1 unspecified atom stereocenters. The van der Waals surface area contributed by atoms with Crippen LogP contribution in [0.5, 0.6) is 5.75 Å². The van der Waals surface area contributed by atoms with Crippen molar-refractivity contribution < 1.29 is 14.6 Å². The highest BCUT2D eigenvalue weighted by molar-refractivity contribution is 5.75. The summed E-state index contributed by atoms with van der Waals surface area (Å²) in [6.07, 6.45) is 1.98. The average molecular weight is 234 g/mol. The van der Waals surface area contributed by atoms with Crippen molar-refractivity contribution >= 4 is 5.97 Å². The zero-order valence-corrected chi connectivity index (χ0v) is 10.5. The lowest BCUT2D eigenvalue weighted by atomic mass is 9.91. The van der Waals surface area contributed by atoms with Crippen LogP contribution in [0.25, 0.3) is 0 Å². The molecule has 0 saturated carbocycles. The molecular formula is C14H18O3. The Balaban J connectivity index is 2.33. The Morgan fingerprint density at radius 1 is 1.47 bits per heavy atom. The van der Waals surface area contributed by atoms with Crippen molar-refractivity contribution in [2.45, 2.75) is 45.1 Å². The van der Waals surface area contributed by atoms with Crippen molar-refractivity contribution in [1.82, 2.24) is 0 Å². The zero-order valence-electron chi connectivity index (χ0n) is 10.5. The number of carboxylic acids is 1.